The summed E-state index contributed by atoms with van der Waals surface area (Å²) in [5, 5.41) is 3.50. The number of hydrogen-bond acceptors (Lipinski definition) is 3. The Kier molecular flexibility index (Phi) is 4.26. The zero-order valence-electron chi connectivity index (χ0n) is 10.6. The third-order valence-corrected chi connectivity index (χ3v) is 3.28. The van der Waals surface area contributed by atoms with Crippen LogP contribution in [0.5, 0.6) is 11.5 Å². The van der Waals surface area contributed by atoms with Crippen molar-refractivity contribution in [2.24, 2.45) is 5.92 Å². The number of ether oxygens (including phenoxy) is 2. The smallest absolute Gasteiger partial charge is 0.119 e. The second-order valence-electron chi connectivity index (χ2n) is 4.49. The minimum absolute atomic E-state index is 0.721. The molecule has 94 valence electrons. The Morgan fingerprint density at radius 1 is 1.24 bits per heavy atom. The predicted octanol–water partition coefficient (Wildman–Crippen LogP) is 2.46. The Morgan fingerprint density at radius 3 is 2.53 bits per heavy atom. The number of hydrogen-bond donors (Lipinski definition) is 1. The molecule has 1 N–H and O–H groups in total. The first-order chi connectivity index (χ1) is 8.33. The number of rotatable bonds is 7. The lowest BCUT2D eigenvalue weighted by Crippen LogP contribution is -2.24. The van der Waals surface area contributed by atoms with E-state index in [1.54, 1.807) is 7.11 Å². The summed E-state index contributed by atoms with van der Waals surface area (Å²) in [4.78, 5) is 0. The maximum Gasteiger partial charge on any atom is 0.119 e. The Bertz CT molecular complexity index is 337. The van der Waals surface area contributed by atoms with Gasteiger partial charge in [0.1, 0.15) is 18.1 Å². The largest absolute Gasteiger partial charge is 0.497 e. The molecular formula is C14H21NO2. The molecule has 0 radical (unpaired) electrons. The van der Waals surface area contributed by atoms with E-state index >= 15 is 0 Å². The standard InChI is InChI=1S/C14H21NO2/c1-3-11-10-14(11)15-8-9-17-13-6-4-12(16-2)5-7-13/h4-7,11,14-15H,3,8-10H2,1-2H3. The predicted molar refractivity (Wildman–Crippen MR) is 68.7 cm³/mol. The summed E-state index contributed by atoms with van der Waals surface area (Å²) in [6.07, 6.45) is 2.62. The van der Waals surface area contributed by atoms with Gasteiger partial charge in [0.15, 0.2) is 0 Å². The van der Waals surface area contributed by atoms with Crippen LogP contribution in [0, 0.1) is 5.92 Å². The molecule has 1 aromatic carbocycles. The van der Waals surface area contributed by atoms with Gasteiger partial charge >= 0.3 is 0 Å². The van der Waals surface area contributed by atoms with E-state index < -0.39 is 0 Å². The van der Waals surface area contributed by atoms with Crippen molar-refractivity contribution in [3.05, 3.63) is 24.3 Å². The fourth-order valence-corrected chi connectivity index (χ4v) is 2.03. The molecule has 0 spiro atoms. The zero-order valence-corrected chi connectivity index (χ0v) is 10.6. The van der Waals surface area contributed by atoms with Crippen molar-refractivity contribution in [1.29, 1.82) is 0 Å². The van der Waals surface area contributed by atoms with Crippen molar-refractivity contribution in [3.63, 3.8) is 0 Å². The van der Waals surface area contributed by atoms with Gasteiger partial charge in [-0.15, -0.1) is 0 Å². The van der Waals surface area contributed by atoms with Crippen LogP contribution in [0.1, 0.15) is 19.8 Å². The average molecular weight is 235 g/mol. The molecular weight excluding hydrogens is 214 g/mol. The van der Waals surface area contributed by atoms with Crippen molar-refractivity contribution < 1.29 is 9.47 Å². The van der Waals surface area contributed by atoms with Crippen LogP contribution in [0.4, 0.5) is 0 Å². The molecule has 0 aliphatic heterocycles. The lowest BCUT2D eigenvalue weighted by molar-refractivity contribution is 0.311. The number of methoxy groups -OCH3 is 1. The van der Waals surface area contributed by atoms with E-state index in [0.717, 1.165) is 36.6 Å². The third kappa shape index (κ3) is 3.63. The topological polar surface area (TPSA) is 30.5 Å². The Hall–Kier alpha value is -1.22. The highest BCUT2D eigenvalue weighted by atomic mass is 16.5. The first-order valence-corrected chi connectivity index (χ1v) is 6.33. The van der Waals surface area contributed by atoms with Crippen LogP contribution in [-0.4, -0.2) is 26.3 Å². The van der Waals surface area contributed by atoms with Crippen LogP contribution in [-0.2, 0) is 0 Å². The number of benzene rings is 1. The van der Waals surface area contributed by atoms with Crippen LogP contribution in [0.2, 0.25) is 0 Å². The second-order valence-corrected chi connectivity index (χ2v) is 4.49. The van der Waals surface area contributed by atoms with Gasteiger partial charge in [0, 0.05) is 12.6 Å². The van der Waals surface area contributed by atoms with Gasteiger partial charge in [0.05, 0.1) is 7.11 Å². The van der Waals surface area contributed by atoms with E-state index in [2.05, 4.69) is 12.2 Å². The van der Waals surface area contributed by atoms with Crippen LogP contribution in [0.3, 0.4) is 0 Å². The maximum atomic E-state index is 5.63. The second kappa shape index (κ2) is 5.92. The van der Waals surface area contributed by atoms with Gasteiger partial charge in [-0.3, -0.25) is 0 Å². The molecule has 17 heavy (non-hydrogen) atoms. The van der Waals surface area contributed by atoms with Crippen molar-refractivity contribution in [1.82, 2.24) is 5.32 Å². The first-order valence-electron chi connectivity index (χ1n) is 6.33. The van der Waals surface area contributed by atoms with E-state index in [1.807, 2.05) is 24.3 Å². The van der Waals surface area contributed by atoms with Gasteiger partial charge in [-0.2, -0.15) is 0 Å². The molecule has 0 bridgehead atoms. The van der Waals surface area contributed by atoms with Gasteiger partial charge < -0.3 is 14.8 Å². The average Bonchev–Trinajstić information content (AvgIpc) is 3.14. The first kappa shape index (κ1) is 12.2. The summed E-state index contributed by atoms with van der Waals surface area (Å²) in [6, 6.07) is 8.43. The Labute approximate surface area is 103 Å². The van der Waals surface area contributed by atoms with E-state index in [-0.39, 0.29) is 0 Å². The third-order valence-electron chi connectivity index (χ3n) is 3.28. The van der Waals surface area contributed by atoms with E-state index in [0.29, 0.717) is 0 Å². The molecule has 0 aromatic heterocycles. The fraction of sp³-hybridized carbons (Fsp3) is 0.571. The van der Waals surface area contributed by atoms with Gasteiger partial charge in [-0.25, -0.2) is 0 Å². The summed E-state index contributed by atoms with van der Waals surface area (Å²) in [6.45, 7) is 3.90. The van der Waals surface area contributed by atoms with E-state index in [1.165, 1.54) is 12.8 Å². The Morgan fingerprint density at radius 2 is 1.94 bits per heavy atom. The molecule has 1 saturated carbocycles. The molecule has 1 aromatic rings. The van der Waals surface area contributed by atoms with E-state index in [9.17, 15) is 0 Å². The fourth-order valence-electron chi connectivity index (χ4n) is 2.03. The number of nitrogens with one attached hydrogen (secondary N) is 1. The van der Waals surface area contributed by atoms with Gasteiger partial charge in [0.2, 0.25) is 0 Å². The molecule has 0 saturated heterocycles. The molecule has 0 heterocycles. The van der Waals surface area contributed by atoms with Gasteiger partial charge in [0.25, 0.3) is 0 Å². The molecule has 1 aliphatic carbocycles. The van der Waals surface area contributed by atoms with Gasteiger partial charge in [-0.05, 0) is 36.6 Å². The normalized spacial score (nSPS) is 22.2. The van der Waals surface area contributed by atoms with Crippen LogP contribution in [0.15, 0.2) is 24.3 Å². The lowest BCUT2D eigenvalue weighted by atomic mass is 10.3. The van der Waals surface area contributed by atoms with Crippen LogP contribution in [0.25, 0.3) is 0 Å². The minimum atomic E-state index is 0.721. The molecule has 3 nitrogen and oxygen atoms in total. The van der Waals surface area contributed by atoms with Crippen molar-refractivity contribution in [3.8, 4) is 11.5 Å². The zero-order chi connectivity index (χ0) is 12.1. The molecule has 2 unspecified atom stereocenters. The maximum absolute atomic E-state index is 5.63. The highest BCUT2D eigenvalue weighted by Crippen LogP contribution is 2.32. The highest BCUT2D eigenvalue weighted by molar-refractivity contribution is 5.31. The van der Waals surface area contributed by atoms with Crippen molar-refractivity contribution >= 4 is 0 Å². The summed E-state index contributed by atoms with van der Waals surface area (Å²) in [7, 11) is 1.67. The summed E-state index contributed by atoms with van der Waals surface area (Å²) in [5.41, 5.74) is 0. The van der Waals surface area contributed by atoms with Crippen LogP contribution >= 0.6 is 0 Å². The van der Waals surface area contributed by atoms with Crippen LogP contribution < -0.4 is 14.8 Å². The molecule has 2 rings (SSSR count). The van der Waals surface area contributed by atoms with E-state index in [4.69, 9.17) is 9.47 Å². The molecule has 1 aliphatic rings. The molecule has 0 amide bonds. The Balaban J connectivity index is 1.61. The highest BCUT2D eigenvalue weighted by Gasteiger charge is 2.34. The SMILES string of the molecule is CCC1CC1NCCOc1ccc(OC)cc1. The summed E-state index contributed by atoms with van der Waals surface area (Å²) >= 11 is 0. The van der Waals surface area contributed by atoms with Gasteiger partial charge in [-0.1, -0.05) is 13.3 Å². The summed E-state index contributed by atoms with van der Waals surface area (Å²) in [5.74, 6) is 2.66. The molecule has 2 atom stereocenters. The molecule has 3 heteroatoms. The van der Waals surface area contributed by atoms with Crippen molar-refractivity contribution in [2.45, 2.75) is 25.8 Å². The molecule has 1 fully saturated rings. The minimum Gasteiger partial charge on any atom is -0.497 e. The quantitative estimate of drug-likeness (QED) is 0.736. The summed E-state index contributed by atoms with van der Waals surface area (Å²) < 4.78 is 10.7. The monoisotopic (exact) mass is 235 g/mol. The lowest BCUT2D eigenvalue weighted by Gasteiger charge is -2.07. The van der Waals surface area contributed by atoms with Crippen molar-refractivity contribution in [2.75, 3.05) is 20.3 Å².